The van der Waals surface area contributed by atoms with Gasteiger partial charge in [-0.2, -0.15) is 0 Å². The first-order chi connectivity index (χ1) is 9.90. The van der Waals surface area contributed by atoms with E-state index in [1.54, 1.807) is 24.3 Å². The predicted molar refractivity (Wildman–Crippen MR) is 86.7 cm³/mol. The lowest BCUT2D eigenvalue weighted by Gasteiger charge is -2.13. The molecule has 0 spiro atoms. The molecule has 0 saturated carbocycles. The molecule has 21 heavy (non-hydrogen) atoms. The molecular formula is C15H14Cl2N2O2. The number of methoxy groups -OCH3 is 1. The number of hydrogen-bond acceptors (Lipinski definition) is 4. The molecule has 0 amide bonds. The zero-order valence-electron chi connectivity index (χ0n) is 11.5. The topological polar surface area (TPSA) is 64.3 Å². The number of anilines is 3. The molecule has 2 aromatic rings. The smallest absolute Gasteiger partial charge is 0.340 e. The van der Waals surface area contributed by atoms with E-state index in [1.807, 2.05) is 13.0 Å². The Labute approximate surface area is 132 Å². The van der Waals surface area contributed by atoms with Crippen LogP contribution in [0.15, 0.2) is 30.3 Å². The molecule has 0 heterocycles. The highest BCUT2D eigenvalue weighted by molar-refractivity contribution is 6.35. The summed E-state index contributed by atoms with van der Waals surface area (Å²) >= 11 is 11.9. The Hall–Kier alpha value is -1.91. The van der Waals surface area contributed by atoms with Crippen LogP contribution in [0.2, 0.25) is 10.0 Å². The van der Waals surface area contributed by atoms with Crippen LogP contribution in [0, 0.1) is 6.92 Å². The van der Waals surface area contributed by atoms with Crippen LogP contribution in [-0.2, 0) is 4.74 Å². The van der Waals surface area contributed by atoms with E-state index in [-0.39, 0.29) is 0 Å². The normalized spacial score (nSPS) is 10.3. The number of hydrogen-bond donors (Lipinski definition) is 2. The van der Waals surface area contributed by atoms with Crippen molar-refractivity contribution in [1.29, 1.82) is 0 Å². The van der Waals surface area contributed by atoms with E-state index in [0.717, 1.165) is 5.56 Å². The second-order valence-electron chi connectivity index (χ2n) is 4.53. The number of rotatable bonds is 3. The van der Waals surface area contributed by atoms with Gasteiger partial charge in [-0.3, -0.25) is 0 Å². The van der Waals surface area contributed by atoms with Gasteiger partial charge in [0.1, 0.15) is 0 Å². The first kappa shape index (κ1) is 15.5. The quantitative estimate of drug-likeness (QED) is 0.648. The van der Waals surface area contributed by atoms with Gasteiger partial charge in [-0.1, -0.05) is 23.2 Å². The minimum Gasteiger partial charge on any atom is -0.465 e. The molecule has 0 fully saturated rings. The highest BCUT2D eigenvalue weighted by atomic mass is 35.5. The largest absolute Gasteiger partial charge is 0.465 e. The number of carbonyl (C=O) groups excluding carboxylic acids is 1. The number of benzene rings is 2. The Morgan fingerprint density at radius 2 is 1.67 bits per heavy atom. The first-order valence-electron chi connectivity index (χ1n) is 6.12. The van der Waals surface area contributed by atoms with E-state index in [2.05, 4.69) is 5.32 Å². The highest BCUT2D eigenvalue weighted by Gasteiger charge is 2.13. The molecule has 0 bridgehead atoms. The van der Waals surface area contributed by atoms with E-state index in [0.29, 0.717) is 32.7 Å². The lowest BCUT2D eigenvalue weighted by atomic mass is 10.1. The number of nitrogens with two attached hydrogens (primary N) is 1. The zero-order valence-corrected chi connectivity index (χ0v) is 13.0. The summed E-state index contributed by atoms with van der Waals surface area (Å²) in [4.78, 5) is 11.7. The summed E-state index contributed by atoms with van der Waals surface area (Å²) < 4.78 is 4.73. The van der Waals surface area contributed by atoms with Crippen molar-refractivity contribution in [2.45, 2.75) is 6.92 Å². The SMILES string of the molecule is COC(=O)c1cc(Nc2cc(Cl)cc(Cl)c2)cc(C)c1N. The van der Waals surface area contributed by atoms with Gasteiger partial charge in [0.25, 0.3) is 0 Å². The van der Waals surface area contributed by atoms with Gasteiger partial charge < -0.3 is 15.8 Å². The van der Waals surface area contributed by atoms with Gasteiger partial charge in [0.15, 0.2) is 0 Å². The second kappa shape index (κ2) is 6.24. The third-order valence-corrected chi connectivity index (χ3v) is 3.38. The molecule has 0 unspecified atom stereocenters. The van der Waals surface area contributed by atoms with Gasteiger partial charge >= 0.3 is 5.97 Å². The molecule has 2 rings (SSSR count). The molecule has 110 valence electrons. The number of carbonyl (C=O) groups is 1. The maximum absolute atomic E-state index is 11.7. The third kappa shape index (κ3) is 3.60. The van der Waals surface area contributed by atoms with Crippen LogP contribution in [0.4, 0.5) is 17.1 Å². The molecule has 0 saturated heterocycles. The Morgan fingerprint density at radius 3 is 2.24 bits per heavy atom. The van der Waals surface area contributed by atoms with Gasteiger partial charge in [-0.05, 0) is 42.8 Å². The highest BCUT2D eigenvalue weighted by Crippen LogP contribution is 2.28. The van der Waals surface area contributed by atoms with E-state index in [4.69, 9.17) is 33.7 Å². The van der Waals surface area contributed by atoms with Crippen LogP contribution in [0.1, 0.15) is 15.9 Å². The second-order valence-corrected chi connectivity index (χ2v) is 5.40. The molecule has 6 heteroatoms. The molecule has 0 atom stereocenters. The van der Waals surface area contributed by atoms with Gasteiger partial charge in [0.2, 0.25) is 0 Å². The van der Waals surface area contributed by atoms with Gasteiger partial charge in [-0.15, -0.1) is 0 Å². The van der Waals surface area contributed by atoms with Crippen molar-refractivity contribution in [2.75, 3.05) is 18.2 Å². The minimum atomic E-state index is -0.483. The third-order valence-electron chi connectivity index (χ3n) is 2.94. The summed E-state index contributed by atoms with van der Waals surface area (Å²) in [5, 5.41) is 4.18. The Bertz CT molecular complexity index is 682. The molecule has 0 aliphatic rings. The van der Waals surface area contributed by atoms with Crippen LogP contribution in [0.25, 0.3) is 0 Å². The molecule has 0 aliphatic heterocycles. The van der Waals surface area contributed by atoms with Crippen molar-refractivity contribution in [1.82, 2.24) is 0 Å². The fourth-order valence-corrected chi connectivity index (χ4v) is 2.47. The zero-order chi connectivity index (χ0) is 15.6. The summed E-state index contributed by atoms with van der Waals surface area (Å²) in [7, 11) is 1.31. The standard InChI is InChI=1S/C15H14Cl2N2O2/c1-8-3-11(7-13(14(8)18)15(20)21-2)19-12-5-9(16)4-10(17)6-12/h3-7,19H,18H2,1-2H3. The molecule has 2 aromatic carbocycles. The summed E-state index contributed by atoms with van der Waals surface area (Å²) in [6.45, 7) is 1.82. The Kier molecular flexibility index (Phi) is 4.60. The van der Waals surface area contributed by atoms with Gasteiger partial charge in [-0.25, -0.2) is 4.79 Å². The predicted octanol–water partition coefficient (Wildman–Crippen LogP) is 4.41. The molecule has 0 aliphatic carbocycles. The number of nitrogens with one attached hydrogen (secondary N) is 1. The Balaban J connectivity index is 2.40. The van der Waals surface area contributed by atoms with E-state index < -0.39 is 5.97 Å². The van der Waals surface area contributed by atoms with Crippen LogP contribution in [-0.4, -0.2) is 13.1 Å². The number of halogens is 2. The number of ether oxygens (including phenoxy) is 1. The van der Waals surface area contributed by atoms with Crippen molar-refractivity contribution in [3.8, 4) is 0 Å². The molecule has 4 nitrogen and oxygen atoms in total. The van der Waals surface area contributed by atoms with Gasteiger partial charge in [0.05, 0.1) is 12.7 Å². The van der Waals surface area contributed by atoms with E-state index >= 15 is 0 Å². The van der Waals surface area contributed by atoms with E-state index in [1.165, 1.54) is 7.11 Å². The molecule has 0 aromatic heterocycles. The molecule has 3 N–H and O–H groups in total. The van der Waals surface area contributed by atoms with Crippen LogP contribution < -0.4 is 11.1 Å². The average Bonchev–Trinajstić information content (AvgIpc) is 2.40. The summed E-state index contributed by atoms with van der Waals surface area (Å²) in [6, 6.07) is 8.57. The number of nitrogen functional groups attached to an aromatic ring is 1. The van der Waals surface area contributed by atoms with Crippen molar-refractivity contribution in [2.24, 2.45) is 0 Å². The van der Waals surface area contributed by atoms with E-state index in [9.17, 15) is 4.79 Å². The number of esters is 1. The van der Waals surface area contributed by atoms with Crippen molar-refractivity contribution in [3.63, 3.8) is 0 Å². The summed E-state index contributed by atoms with van der Waals surface area (Å²) in [5.41, 5.74) is 8.79. The lowest BCUT2D eigenvalue weighted by molar-refractivity contribution is 0.0602. The summed E-state index contributed by atoms with van der Waals surface area (Å²) in [5.74, 6) is -0.483. The minimum absolute atomic E-state index is 0.313. The monoisotopic (exact) mass is 324 g/mol. The number of aryl methyl sites for hydroxylation is 1. The van der Waals surface area contributed by atoms with Crippen LogP contribution >= 0.6 is 23.2 Å². The van der Waals surface area contributed by atoms with Crippen LogP contribution in [0.3, 0.4) is 0 Å². The average molecular weight is 325 g/mol. The molecule has 0 radical (unpaired) electrons. The van der Waals surface area contributed by atoms with Crippen molar-refractivity contribution < 1.29 is 9.53 Å². The first-order valence-corrected chi connectivity index (χ1v) is 6.88. The summed E-state index contributed by atoms with van der Waals surface area (Å²) in [6.07, 6.45) is 0. The molecular weight excluding hydrogens is 311 g/mol. The Morgan fingerprint density at radius 1 is 1.10 bits per heavy atom. The lowest BCUT2D eigenvalue weighted by Crippen LogP contribution is -2.08. The fraction of sp³-hybridized carbons (Fsp3) is 0.133. The van der Waals surface area contributed by atoms with Crippen LogP contribution in [0.5, 0.6) is 0 Å². The van der Waals surface area contributed by atoms with Crippen molar-refractivity contribution >= 4 is 46.2 Å². The fourth-order valence-electron chi connectivity index (χ4n) is 1.94. The van der Waals surface area contributed by atoms with Gasteiger partial charge in [0, 0.05) is 27.1 Å². The maximum Gasteiger partial charge on any atom is 0.340 e. The maximum atomic E-state index is 11.7. The van der Waals surface area contributed by atoms with Crippen molar-refractivity contribution in [3.05, 3.63) is 51.5 Å².